The Kier molecular flexibility index (Phi) is 4.97. The lowest BCUT2D eigenvalue weighted by atomic mass is 10.2. The summed E-state index contributed by atoms with van der Waals surface area (Å²) in [6.07, 6.45) is -0.718. The van der Waals surface area contributed by atoms with Gasteiger partial charge in [-0.3, -0.25) is 10.7 Å². The average molecular weight is 368 g/mol. The van der Waals surface area contributed by atoms with Crippen LogP contribution in [0, 0.1) is 5.41 Å². The number of aromatic nitrogens is 2. The molecule has 25 heavy (non-hydrogen) atoms. The van der Waals surface area contributed by atoms with Crippen molar-refractivity contribution in [3.05, 3.63) is 23.2 Å². The van der Waals surface area contributed by atoms with E-state index in [9.17, 15) is 19.8 Å². The van der Waals surface area contributed by atoms with Crippen molar-refractivity contribution >= 4 is 34.2 Å². The number of nitrogens with zero attached hydrogens (tertiary/aromatic N) is 2. The van der Waals surface area contributed by atoms with Gasteiger partial charge in [0.25, 0.3) is 0 Å². The average Bonchev–Trinajstić information content (AvgIpc) is 3.06. The number of hydrogen-bond acceptors (Lipinski definition) is 9. The molecule has 0 fully saturated rings. The molecule has 134 valence electrons. The topological polar surface area (TPSA) is 147 Å². The zero-order valence-corrected chi connectivity index (χ0v) is 14.4. The molecule has 0 aliphatic rings. The number of carbonyl (C=O) groups excluding carboxylic acids is 2. The molecule has 0 aliphatic heterocycles. The van der Waals surface area contributed by atoms with Gasteiger partial charge in [-0.15, -0.1) is 16.1 Å². The van der Waals surface area contributed by atoms with Gasteiger partial charge in [-0.1, -0.05) is 0 Å². The van der Waals surface area contributed by atoms with Crippen LogP contribution in [0.15, 0.2) is 17.5 Å². The highest BCUT2D eigenvalue weighted by atomic mass is 32.1. The second-order valence-corrected chi connectivity index (χ2v) is 6.62. The Morgan fingerprint density at radius 2 is 1.88 bits per heavy atom. The Morgan fingerprint density at radius 3 is 2.44 bits per heavy atom. The molecule has 4 N–H and O–H groups in total. The monoisotopic (exact) mass is 368 g/mol. The number of aromatic hydroxyl groups is 2. The number of ether oxygens (including phenoxy) is 1. The molecule has 0 radical (unpaired) electrons. The second-order valence-electron chi connectivity index (χ2n) is 5.76. The standard InChI is InChI=1S/C14H16N4O6S/c1-14(2,3)23-13(22)17-12-16-7(6-25-12)10(15)11(21)24-18-8(19)4-5-9(18)20/h4-6,15,19-20H,1-3H3,(H,16,17,22). The maximum Gasteiger partial charge on any atom is 0.413 e. The van der Waals surface area contributed by atoms with E-state index in [1.807, 2.05) is 0 Å². The fourth-order valence-corrected chi connectivity index (χ4v) is 2.25. The minimum Gasteiger partial charge on any atom is -0.492 e. The highest BCUT2D eigenvalue weighted by Gasteiger charge is 2.22. The Bertz CT molecular complexity index is 800. The van der Waals surface area contributed by atoms with Crippen LogP contribution in [-0.2, 0) is 9.53 Å². The molecule has 0 bridgehead atoms. The van der Waals surface area contributed by atoms with Crippen LogP contribution in [-0.4, -0.2) is 43.3 Å². The summed E-state index contributed by atoms with van der Waals surface area (Å²) in [6, 6.07) is 2.22. The number of thiazole rings is 1. The van der Waals surface area contributed by atoms with Gasteiger partial charge in [0.1, 0.15) is 11.3 Å². The molecule has 0 unspecified atom stereocenters. The normalized spacial score (nSPS) is 11.0. The highest BCUT2D eigenvalue weighted by molar-refractivity contribution is 7.14. The van der Waals surface area contributed by atoms with Crippen molar-refractivity contribution in [2.75, 3.05) is 5.32 Å². The Balaban J connectivity index is 2.02. The van der Waals surface area contributed by atoms with E-state index in [2.05, 4.69) is 10.3 Å². The Labute approximate surface area is 146 Å². The van der Waals surface area contributed by atoms with Gasteiger partial charge in [-0.2, -0.15) is 0 Å². The Hall–Kier alpha value is -3.08. The van der Waals surface area contributed by atoms with Gasteiger partial charge in [0.15, 0.2) is 10.8 Å². The van der Waals surface area contributed by atoms with Crippen LogP contribution in [0.5, 0.6) is 11.8 Å². The predicted molar refractivity (Wildman–Crippen MR) is 88.1 cm³/mol. The van der Waals surface area contributed by atoms with Gasteiger partial charge in [0, 0.05) is 17.5 Å². The van der Waals surface area contributed by atoms with Crippen LogP contribution in [0.1, 0.15) is 26.5 Å². The van der Waals surface area contributed by atoms with Gasteiger partial charge >= 0.3 is 12.1 Å². The fraction of sp³-hybridized carbons (Fsp3) is 0.286. The summed E-state index contributed by atoms with van der Waals surface area (Å²) in [6.45, 7) is 5.12. The van der Waals surface area contributed by atoms with Gasteiger partial charge < -0.3 is 19.8 Å². The third-order valence-electron chi connectivity index (χ3n) is 2.54. The van der Waals surface area contributed by atoms with Crippen molar-refractivity contribution < 1.29 is 29.4 Å². The minimum absolute atomic E-state index is 0.0489. The molecule has 0 atom stereocenters. The largest absolute Gasteiger partial charge is 0.492 e. The van der Waals surface area contributed by atoms with E-state index in [0.717, 1.165) is 23.5 Å². The number of amides is 1. The molecule has 2 aromatic rings. The highest BCUT2D eigenvalue weighted by Crippen LogP contribution is 2.20. The summed E-state index contributed by atoms with van der Waals surface area (Å²) in [4.78, 5) is 32.2. The molecule has 0 spiro atoms. The van der Waals surface area contributed by atoms with Crippen molar-refractivity contribution in [1.82, 2.24) is 9.71 Å². The van der Waals surface area contributed by atoms with E-state index in [-0.39, 0.29) is 10.8 Å². The molecule has 0 saturated carbocycles. The zero-order chi connectivity index (χ0) is 18.8. The first-order chi connectivity index (χ1) is 11.6. The lowest BCUT2D eigenvalue weighted by Crippen LogP contribution is -2.28. The zero-order valence-electron chi connectivity index (χ0n) is 13.6. The lowest BCUT2D eigenvalue weighted by molar-refractivity contribution is -0.137. The summed E-state index contributed by atoms with van der Waals surface area (Å²) in [5.74, 6) is -2.18. The van der Waals surface area contributed by atoms with Crippen LogP contribution >= 0.6 is 11.3 Å². The molecule has 0 saturated heterocycles. The van der Waals surface area contributed by atoms with E-state index in [1.165, 1.54) is 5.38 Å². The molecular formula is C14H16N4O6S. The molecule has 2 rings (SSSR count). The third-order valence-corrected chi connectivity index (χ3v) is 3.30. The SMILES string of the molecule is CC(C)(C)OC(=O)Nc1nc(C(=N)C(=O)On2c(O)ccc2O)cs1. The van der Waals surface area contributed by atoms with Crippen LogP contribution < -0.4 is 10.2 Å². The van der Waals surface area contributed by atoms with Crippen molar-refractivity contribution in [1.29, 1.82) is 5.41 Å². The molecule has 11 heteroatoms. The van der Waals surface area contributed by atoms with E-state index >= 15 is 0 Å². The molecule has 0 aliphatic carbocycles. The van der Waals surface area contributed by atoms with Crippen molar-refractivity contribution in [3.8, 4) is 11.8 Å². The van der Waals surface area contributed by atoms with E-state index in [1.54, 1.807) is 20.8 Å². The van der Waals surface area contributed by atoms with Gasteiger partial charge in [0.05, 0.1) is 0 Å². The summed E-state index contributed by atoms with van der Waals surface area (Å²) in [5, 5.41) is 30.5. The van der Waals surface area contributed by atoms with Crippen molar-refractivity contribution in [2.24, 2.45) is 0 Å². The third kappa shape index (κ3) is 4.70. The summed E-state index contributed by atoms with van der Waals surface area (Å²) >= 11 is 0.987. The lowest BCUT2D eigenvalue weighted by Gasteiger charge is -2.18. The first-order valence-electron chi connectivity index (χ1n) is 6.93. The van der Waals surface area contributed by atoms with E-state index in [4.69, 9.17) is 15.0 Å². The van der Waals surface area contributed by atoms with Gasteiger partial charge in [-0.05, 0) is 20.8 Å². The van der Waals surface area contributed by atoms with Crippen molar-refractivity contribution in [3.63, 3.8) is 0 Å². The quantitative estimate of drug-likeness (QED) is 0.601. The Morgan fingerprint density at radius 1 is 1.28 bits per heavy atom. The van der Waals surface area contributed by atoms with Gasteiger partial charge in [-0.25, -0.2) is 14.6 Å². The smallest absolute Gasteiger partial charge is 0.413 e. The first kappa shape index (κ1) is 18.3. The number of anilines is 1. The van der Waals surface area contributed by atoms with Crippen LogP contribution in [0.2, 0.25) is 0 Å². The van der Waals surface area contributed by atoms with Crippen LogP contribution in [0.3, 0.4) is 0 Å². The number of hydrogen-bond donors (Lipinski definition) is 4. The summed E-state index contributed by atoms with van der Waals surface area (Å²) < 4.78 is 5.53. The number of rotatable bonds is 4. The summed E-state index contributed by atoms with van der Waals surface area (Å²) in [7, 11) is 0. The van der Waals surface area contributed by atoms with Crippen molar-refractivity contribution in [2.45, 2.75) is 26.4 Å². The second kappa shape index (κ2) is 6.81. The van der Waals surface area contributed by atoms with E-state index in [0.29, 0.717) is 4.73 Å². The number of nitrogens with one attached hydrogen (secondary N) is 2. The number of carbonyl (C=O) groups is 2. The molecule has 0 aromatic carbocycles. The minimum atomic E-state index is -1.16. The maximum atomic E-state index is 11.9. The summed E-state index contributed by atoms with van der Waals surface area (Å²) in [5.41, 5.74) is -1.35. The fourth-order valence-electron chi connectivity index (χ4n) is 1.57. The first-order valence-corrected chi connectivity index (χ1v) is 7.81. The van der Waals surface area contributed by atoms with E-state index < -0.39 is 35.1 Å². The maximum absolute atomic E-state index is 11.9. The van der Waals surface area contributed by atoms with Crippen LogP contribution in [0.25, 0.3) is 0 Å². The molecule has 1 amide bonds. The van der Waals surface area contributed by atoms with Crippen LogP contribution in [0.4, 0.5) is 9.93 Å². The molecular weight excluding hydrogens is 352 g/mol. The molecule has 2 heterocycles. The molecule has 2 aromatic heterocycles. The molecule has 10 nitrogen and oxygen atoms in total. The predicted octanol–water partition coefficient (Wildman–Crippen LogP) is 1.73. The van der Waals surface area contributed by atoms with Gasteiger partial charge in [0.2, 0.25) is 11.8 Å².